The molecule has 1 amide bonds. The minimum atomic E-state index is -1.27. The van der Waals surface area contributed by atoms with Crippen molar-refractivity contribution in [1.29, 1.82) is 0 Å². The van der Waals surface area contributed by atoms with Crippen molar-refractivity contribution in [2.45, 2.75) is 26.3 Å². The molecule has 0 saturated carbocycles. The molecule has 6 nitrogen and oxygen atoms in total. The zero-order valence-corrected chi connectivity index (χ0v) is 10.7. The van der Waals surface area contributed by atoms with Gasteiger partial charge < -0.3 is 14.8 Å². The van der Waals surface area contributed by atoms with Crippen molar-refractivity contribution in [3.8, 4) is 0 Å². The number of alkyl halides is 1. The molecule has 0 aliphatic carbocycles. The Morgan fingerprint density at radius 1 is 1.28 bits per heavy atom. The third kappa shape index (κ3) is 6.82. The summed E-state index contributed by atoms with van der Waals surface area (Å²) in [7, 11) is 1.14. The van der Waals surface area contributed by atoms with Gasteiger partial charge in [-0.2, -0.15) is 0 Å². The number of hydrogen-bond acceptors (Lipinski definition) is 5. The maximum absolute atomic E-state index is 12.3. The molecular weight excluding hydrogens is 245 g/mol. The molecule has 1 N–H and O–H groups in total. The van der Waals surface area contributed by atoms with E-state index in [1.807, 2.05) is 13.8 Å². The molecule has 0 aliphatic heterocycles. The average Bonchev–Trinajstić information content (AvgIpc) is 2.34. The number of hydrogen-bond donors (Lipinski definition) is 1. The van der Waals surface area contributed by atoms with Crippen LogP contribution >= 0.6 is 0 Å². The van der Waals surface area contributed by atoms with E-state index < -0.39 is 37.0 Å². The van der Waals surface area contributed by atoms with Gasteiger partial charge in [0, 0.05) is 0 Å². The number of halogens is 1. The number of ether oxygens (including phenoxy) is 2. The van der Waals surface area contributed by atoms with Gasteiger partial charge in [0.1, 0.15) is 12.7 Å². The summed E-state index contributed by atoms with van der Waals surface area (Å²) in [4.78, 5) is 33.5. The molecule has 1 unspecified atom stereocenters. The molecule has 104 valence electrons. The summed E-state index contributed by atoms with van der Waals surface area (Å²) in [6.45, 7) is 2.57. The number of ketones is 1. The molecule has 0 aromatic carbocycles. The van der Waals surface area contributed by atoms with E-state index in [0.717, 1.165) is 7.11 Å². The number of carbonyl (C=O) groups excluding carboxylic acids is 3. The number of nitrogens with one attached hydrogen (secondary N) is 1. The van der Waals surface area contributed by atoms with Crippen molar-refractivity contribution >= 4 is 17.8 Å². The Bertz CT molecular complexity index is 306. The second-order valence-corrected chi connectivity index (χ2v) is 4.07. The first-order valence-electron chi connectivity index (χ1n) is 5.49. The summed E-state index contributed by atoms with van der Waals surface area (Å²) >= 11 is 0. The molecular formula is C11H18FNO5. The van der Waals surface area contributed by atoms with E-state index in [-0.39, 0.29) is 12.5 Å². The van der Waals surface area contributed by atoms with Crippen LogP contribution in [0, 0.1) is 5.92 Å². The molecule has 0 aliphatic rings. The van der Waals surface area contributed by atoms with Gasteiger partial charge in [0.25, 0.3) is 0 Å². The summed E-state index contributed by atoms with van der Waals surface area (Å²) in [5.74, 6) is -1.49. The predicted molar refractivity (Wildman–Crippen MR) is 60.7 cm³/mol. The lowest BCUT2D eigenvalue weighted by molar-refractivity contribution is -0.142. The van der Waals surface area contributed by atoms with Gasteiger partial charge in [0.05, 0.1) is 20.1 Å². The Morgan fingerprint density at radius 2 is 1.89 bits per heavy atom. The second kappa shape index (κ2) is 8.43. The second-order valence-electron chi connectivity index (χ2n) is 4.07. The van der Waals surface area contributed by atoms with Crippen molar-refractivity contribution in [3.05, 3.63) is 0 Å². The SMILES string of the molecule is COC(=O)CC(NC(=O)OCC(C)C)C(=O)CF. The van der Waals surface area contributed by atoms with Crippen molar-refractivity contribution in [1.82, 2.24) is 5.32 Å². The number of amides is 1. The number of esters is 1. The van der Waals surface area contributed by atoms with Crippen molar-refractivity contribution in [3.63, 3.8) is 0 Å². The molecule has 0 spiro atoms. The molecule has 0 heterocycles. The van der Waals surface area contributed by atoms with Crippen LogP contribution in [0.2, 0.25) is 0 Å². The summed E-state index contributed by atoms with van der Waals surface area (Å²) in [6, 6.07) is -1.26. The highest BCUT2D eigenvalue weighted by atomic mass is 19.1. The van der Waals surface area contributed by atoms with E-state index in [2.05, 4.69) is 10.1 Å². The van der Waals surface area contributed by atoms with E-state index >= 15 is 0 Å². The van der Waals surface area contributed by atoms with Gasteiger partial charge in [-0.15, -0.1) is 0 Å². The fourth-order valence-electron chi connectivity index (χ4n) is 1.01. The highest BCUT2D eigenvalue weighted by molar-refractivity contribution is 5.91. The van der Waals surface area contributed by atoms with Crippen LogP contribution in [-0.2, 0) is 19.1 Å². The summed E-state index contributed by atoms with van der Waals surface area (Å²) in [5, 5.41) is 2.14. The third-order valence-corrected chi connectivity index (χ3v) is 1.96. The Labute approximate surface area is 105 Å². The summed E-state index contributed by atoms with van der Waals surface area (Å²) in [6.07, 6.45) is -1.28. The number of Topliss-reactive ketones (excluding diaryl/α,β-unsaturated/α-hetero) is 1. The Hall–Kier alpha value is -1.66. The zero-order chi connectivity index (χ0) is 14.1. The first-order valence-corrected chi connectivity index (χ1v) is 5.49. The topological polar surface area (TPSA) is 81.7 Å². The van der Waals surface area contributed by atoms with Crippen LogP contribution in [0.5, 0.6) is 0 Å². The molecule has 0 aromatic heterocycles. The Kier molecular flexibility index (Phi) is 7.66. The smallest absolute Gasteiger partial charge is 0.407 e. The van der Waals surface area contributed by atoms with Crippen LogP contribution in [0.4, 0.5) is 9.18 Å². The third-order valence-electron chi connectivity index (χ3n) is 1.96. The standard InChI is InChI=1S/C11H18FNO5/c1-7(2)6-18-11(16)13-8(9(14)5-12)4-10(15)17-3/h7-8H,4-6H2,1-3H3,(H,13,16). The van der Waals surface area contributed by atoms with E-state index in [1.54, 1.807) is 0 Å². The number of alkyl carbamates (subject to hydrolysis) is 1. The monoisotopic (exact) mass is 263 g/mol. The molecule has 0 saturated heterocycles. The summed E-state index contributed by atoms with van der Waals surface area (Å²) < 4.78 is 21.4. The molecule has 0 fully saturated rings. The molecule has 0 bridgehead atoms. The van der Waals surface area contributed by atoms with Crippen molar-refractivity contribution in [2.24, 2.45) is 5.92 Å². The molecule has 1 atom stereocenters. The van der Waals surface area contributed by atoms with E-state index in [4.69, 9.17) is 4.74 Å². The van der Waals surface area contributed by atoms with E-state index in [9.17, 15) is 18.8 Å². The normalized spacial score (nSPS) is 11.8. The van der Waals surface area contributed by atoms with Crippen LogP contribution in [0.1, 0.15) is 20.3 Å². The van der Waals surface area contributed by atoms with Gasteiger partial charge in [0.15, 0.2) is 5.78 Å². The number of methoxy groups -OCH3 is 1. The van der Waals surface area contributed by atoms with Gasteiger partial charge in [-0.1, -0.05) is 13.8 Å². The highest BCUT2D eigenvalue weighted by Gasteiger charge is 2.24. The largest absolute Gasteiger partial charge is 0.469 e. The minimum absolute atomic E-state index is 0.131. The lowest BCUT2D eigenvalue weighted by Crippen LogP contribution is -2.43. The average molecular weight is 263 g/mol. The fourth-order valence-corrected chi connectivity index (χ4v) is 1.01. The number of carbonyl (C=O) groups is 3. The Morgan fingerprint density at radius 3 is 2.33 bits per heavy atom. The van der Waals surface area contributed by atoms with Gasteiger partial charge in [-0.25, -0.2) is 9.18 Å². The van der Waals surface area contributed by atoms with Crippen LogP contribution in [-0.4, -0.2) is 44.3 Å². The van der Waals surface area contributed by atoms with Crippen LogP contribution in [0.15, 0.2) is 0 Å². The maximum Gasteiger partial charge on any atom is 0.407 e. The minimum Gasteiger partial charge on any atom is -0.469 e. The zero-order valence-electron chi connectivity index (χ0n) is 10.7. The quantitative estimate of drug-likeness (QED) is 0.688. The van der Waals surface area contributed by atoms with Gasteiger partial charge in [0.2, 0.25) is 0 Å². The molecule has 0 rings (SSSR count). The lowest BCUT2D eigenvalue weighted by Gasteiger charge is -2.15. The summed E-state index contributed by atoms with van der Waals surface area (Å²) in [5.41, 5.74) is 0. The maximum atomic E-state index is 12.3. The predicted octanol–water partition coefficient (Wildman–Crippen LogP) is 0.839. The molecule has 7 heteroatoms. The molecule has 18 heavy (non-hydrogen) atoms. The van der Waals surface area contributed by atoms with Crippen LogP contribution < -0.4 is 5.32 Å². The van der Waals surface area contributed by atoms with Crippen LogP contribution in [0.3, 0.4) is 0 Å². The van der Waals surface area contributed by atoms with E-state index in [0.29, 0.717) is 0 Å². The first kappa shape index (κ1) is 16.3. The van der Waals surface area contributed by atoms with Crippen molar-refractivity contribution < 1.29 is 28.2 Å². The van der Waals surface area contributed by atoms with Crippen LogP contribution in [0.25, 0.3) is 0 Å². The first-order chi connectivity index (χ1) is 8.40. The van der Waals surface area contributed by atoms with Gasteiger partial charge in [-0.3, -0.25) is 9.59 Å². The Balaban J connectivity index is 4.35. The fraction of sp³-hybridized carbons (Fsp3) is 0.727. The number of rotatable bonds is 7. The van der Waals surface area contributed by atoms with Crippen molar-refractivity contribution in [2.75, 3.05) is 20.4 Å². The van der Waals surface area contributed by atoms with E-state index in [1.165, 1.54) is 0 Å². The molecule has 0 aromatic rings. The lowest BCUT2D eigenvalue weighted by atomic mass is 10.1. The van der Waals surface area contributed by atoms with Gasteiger partial charge in [-0.05, 0) is 5.92 Å². The molecule has 0 radical (unpaired) electrons. The highest BCUT2D eigenvalue weighted by Crippen LogP contribution is 2.00. The van der Waals surface area contributed by atoms with Gasteiger partial charge >= 0.3 is 12.1 Å².